The molecule has 0 bridgehead atoms. The minimum Gasteiger partial charge on any atom is -0.379 e. The fraction of sp³-hybridized carbons (Fsp3) is 0.571. The van der Waals surface area contributed by atoms with Gasteiger partial charge in [-0.2, -0.15) is 0 Å². The molecule has 2 rings (SSSR count). The number of amides is 1. The SMILES string of the molecule is Nc1nonc1C(=O)NCC1CC1. The Hall–Kier alpha value is -1.59. The first-order chi connectivity index (χ1) is 6.27. The monoisotopic (exact) mass is 182 g/mol. The molecule has 1 heterocycles. The zero-order valence-electron chi connectivity index (χ0n) is 6.99. The molecule has 1 aliphatic carbocycles. The zero-order valence-corrected chi connectivity index (χ0v) is 6.99. The third-order valence-corrected chi connectivity index (χ3v) is 1.98. The van der Waals surface area contributed by atoms with Gasteiger partial charge in [-0.15, -0.1) is 0 Å². The van der Waals surface area contributed by atoms with Gasteiger partial charge in [-0.05, 0) is 29.1 Å². The van der Waals surface area contributed by atoms with Gasteiger partial charge in [0.2, 0.25) is 11.5 Å². The smallest absolute Gasteiger partial charge is 0.277 e. The lowest BCUT2D eigenvalue weighted by molar-refractivity contribution is 0.0942. The Bertz CT molecular complexity index is 318. The summed E-state index contributed by atoms with van der Waals surface area (Å²) in [7, 11) is 0. The summed E-state index contributed by atoms with van der Waals surface area (Å²) < 4.78 is 4.30. The van der Waals surface area contributed by atoms with Crippen molar-refractivity contribution < 1.29 is 9.42 Å². The van der Waals surface area contributed by atoms with Crippen LogP contribution in [-0.2, 0) is 0 Å². The maximum atomic E-state index is 11.3. The van der Waals surface area contributed by atoms with Gasteiger partial charge in [0.25, 0.3) is 5.91 Å². The van der Waals surface area contributed by atoms with E-state index >= 15 is 0 Å². The summed E-state index contributed by atoms with van der Waals surface area (Å²) in [4.78, 5) is 11.3. The Morgan fingerprint density at radius 2 is 2.38 bits per heavy atom. The lowest BCUT2D eigenvalue weighted by Crippen LogP contribution is -2.26. The van der Waals surface area contributed by atoms with E-state index in [0.717, 1.165) is 0 Å². The van der Waals surface area contributed by atoms with E-state index in [9.17, 15) is 4.79 Å². The lowest BCUT2D eigenvalue weighted by atomic mass is 10.3. The molecule has 0 aliphatic heterocycles. The average Bonchev–Trinajstić information content (AvgIpc) is 2.84. The third-order valence-electron chi connectivity index (χ3n) is 1.98. The molecule has 3 N–H and O–H groups in total. The largest absolute Gasteiger partial charge is 0.379 e. The summed E-state index contributed by atoms with van der Waals surface area (Å²) in [5.74, 6) is 0.351. The summed E-state index contributed by atoms with van der Waals surface area (Å²) in [5, 5.41) is 9.41. The molecule has 0 aromatic carbocycles. The second-order valence-corrected chi connectivity index (χ2v) is 3.15. The van der Waals surface area contributed by atoms with E-state index in [-0.39, 0.29) is 17.4 Å². The van der Waals surface area contributed by atoms with E-state index in [1.54, 1.807) is 0 Å². The van der Waals surface area contributed by atoms with Crippen molar-refractivity contribution in [3.8, 4) is 0 Å². The van der Waals surface area contributed by atoms with Crippen molar-refractivity contribution in [2.24, 2.45) is 5.92 Å². The highest BCUT2D eigenvalue weighted by Crippen LogP contribution is 2.27. The number of aromatic nitrogens is 2. The van der Waals surface area contributed by atoms with E-state index in [2.05, 4.69) is 20.3 Å². The van der Waals surface area contributed by atoms with E-state index < -0.39 is 0 Å². The highest BCUT2D eigenvalue weighted by atomic mass is 16.6. The number of nitrogen functional groups attached to an aromatic ring is 1. The number of hydrogen-bond acceptors (Lipinski definition) is 5. The number of nitrogens with two attached hydrogens (primary N) is 1. The van der Waals surface area contributed by atoms with Crippen molar-refractivity contribution in [1.82, 2.24) is 15.6 Å². The van der Waals surface area contributed by atoms with E-state index in [4.69, 9.17) is 5.73 Å². The van der Waals surface area contributed by atoms with E-state index in [1.807, 2.05) is 0 Å². The molecule has 6 nitrogen and oxygen atoms in total. The van der Waals surface area contributed by atoms with Gasteiger partial charge in [0, 0.05) is 6.54 Å². The van der Waals surface area contributed by atoms with E-state index in [1.165, 1.54) is 12.8 Å². The number of nitrogens with zero attached hydrogens (tertiary/aromatic N) is 2. The van der Waals surface area contributed by atoms with Gasteiger partial charge in [-0.1, -0.05) is 0 Å². The van der Waals surface area contributed by atoms with Crippen LogP contribution in [0.2, 0.25) is 0 Å². The molecule has 0 radical (unpaired) electrons. The van der Waals surface area contributed by atoms with Gasteiger partial charge in [-0.3, -0.25) is 4.79 Å². The molecule has 0 saturated heterocycles. The van der Waals surface area contributed by atoms with Gasteiger partial charge < -0.3 is 11.1 Å². The molecule has 13 heavy (non-hydrogen) atoms. The van der Waals surface area contributed by atoms with Crippen LogP contribution in [0.15, 0.2) is 4.63 Å². The average molecular weight is 182 g/mol. The fourth-order valence-electron chi connectivity index (χ4n) is 0.996. The van der Waals surface area contributed by atoms with Crippen molar-refractivity contribution in [2.75, 3.05) is 12.3 Å². The minimum absolute atomic E-state index is 0.0355. The Morgan fingerprint density at radius 1 is 1.62 bits per heavy atom. The molecule has 1 saturated carbocycles. The van der Waals surface area contributed by atoms with Crippen LogP contribution >= 0.6 is 0 Å². The highest BCUT2D eigenvalue weighted by Gasteiger charge is 2.23. The number of nitrogens with one attached hydrogen (secondary N) is 1. The molecule has 1 fully saturated rings. The lowest BCUT2D eigenvalue weighted by Gasteiger charge is -1.99. The summed E-state index contributed by atoms with van der Waals surface area (Å²) >= 11 is 0. The van der Waals surface area contributed by atoms with Gasteiger partial charge in [0.15, 0.2) is 0 Å². The third kappa shape index (κ3) is 1.77. The van der Waals surface area contributed by atoms with Gasteiger partial charge in [0.05, 0.1) is 0 Å². The standard InChI is InChI=1S/C7H10N4O2/c8-6-5(10-13-11-6)7(12)9-3-4-1-2-4/h4H,1-3H2,(H2,8,11)(H,9,12). The summed E-state index contributed by atoms with van der Waals surface area (Å²) in [6, 6.07) is 0. The number of hydrogen-bond donors (Lipinski definition) is 2. The highest BCUT2D eigenvalue weighted by molar-refractivity contribution is 5.95. The fourth-order valence-corrected chi connectivity index (χ4v) is 0.996. The number of anilines is 1. The topological polar surface area (TPSA) is 94.0 Å². The Labute approximate surface area is 74.4 Å². The summed E-state index contributed by atoms with van der Waals surface area (Å²) in [6.45, 7) is 0.686. The van der Waals surface area contributed by atoms with Gasteiger partial charge >= 0.3 is 0 Å². The Balaban J connectivity index is 1.92. The summed E-state index contributed by atoms with van der Waals surface area (Å²) in [5.41, 5.74) is 5.41. The molecule has 1 aromatic rings. The molecule has 0 spiro atoms. The zero-order chi connectivity index (χ0) is 9.26. The van der Waals surface area contributed by atoms with Crippen LogP contribution < -0.4 is 11.1 Å². The van der Waals surface area contributed by atoms with Crippen LogP contribution in [0.25, 0.3) is 0 Å². The normalized spacial score (nSPS) is 15.7. The van der Waals surface area contributed by atoms with Crippen LogP contribution in [0, 0.1) is 5.92 Å². The molecule has 0 atom stereocenters. The van der Waals surface area contributed by atoms with Crippen molar-refractivity contribution in [3.63, 3.8) is 0 Å². The van der Waals surface area contributed by atoms with Crippen molar-refractivity contribution in [3.05, 3.63) is 5.69 Å². The maximum absolute atomic E-state index is 11.3. The first-order valence-electron chi connectivity index (χ1n) is 4.13. The molecular weight excluding hydrogens is 172 g/mol. The molecule has 1 aliphatic rings. The van der Waals surface area contributed by atoms with Crippen molar-refractivity contribution >= 4 is 11.7 Å². The second kappa shape index (κ2) is 3.04. The van der Waals surface area contributed by atoms with Crippen LogP contribution in [0.3, 0.4) is 0 Å². The van der Waals surface area contributed by atoms with Crippen molar-refractivity contribution in [2.45, 2.75) is 12.8 Å². The molecule has 0 unspecified atom stereocenters. The van der Waals surface area contributed by atoms with Crippen molar-refractivity contribution in [1.29, 1.82) is 0 Å². The quantitative estimate of drug-likeness (QED) is 0.674. The number of rotatable bonds is 3. The maximum Gasteiger partial charge on any atom is 0.277 e. The van der Waals surface area contributed by atoms with Crippen LogP contribution in [0.4, 0.5) is 5.82 Å². The first kappa shape index (κ1) is 8.03. The van der Waals surface area contributed by atoms with Crippen LogP contribution in [0.5, 0.6) is 0 Å². The summed E-state index contributed by atoms with van der Waals surface area (Å²) in [6.07, 6.45) is 2.37. The first-order valence-corrected chi connectivity index (χ1v) is 4.13. The van der Waals surface area contributed by atoms with Crippen LogP contribution in [0.1, 0.15) is 23.3 Å². The Kier molecular flexibility index (Phi) is 1.88. The number of carbonyl (C=O) groups excluding carboxylic acids is 1. The number of carbonyl (C=O) groups is 1. The molecule has 70 valence electrons. The second-order valence-electron chi connectivity index (χ2n) is 3.15. The Morgan fingerprint density at radius 3 is 2.92 bits per heavy atom. The van der Waals surface area contributed by atoms with Gasteiger partial charge in [-0.25, -0.2) is 4.63 Å². The van der Waals surface area contributed by atoms with Gasteiger partial charge in [0.1, 0.15) is 0 Å². The molecule has 1 amide bonds. The van der Waals surface area contributed by atoms with E-state index in [0.29, 0.717) is 12.5 Å². The van der Waals surface area contributed by atoms with Crippen LogP contribution in [-0.4, -0.2) is 22.8 Å². The molecule has 6 heteroatoms. The molecule has 1 aromatic heterocycles. The predicted molar refractivity (Wildman–Crippen MR) is 43.8 cm³/mol. The minimum atomic E-state index is -0.314. The molecular formula is C7H10N4O2. The predicted octanol–water partition coefficient (Wildman–Crippen LogP) is -0.208.